The van der Waals surface area contributed by atoms with Gasteiger partial charge in [-0.15, -0.1) is 18.5 Å². The first-order valence-corrected chi connectivity index (χ1v) is 9.25. The number of H-pyrrole nitrogens is 2. The van der Waals surface area contributed by atoms with E-state index in [-0.39, 0.29) is 14.9 Å². The van der Waals surface area contributed by atoms with Crippen LogP contribution >= 0.6 is 18.5 Å². The summed E-state index contributed by atoms with van der Waals surface area (Å²) in [7, 11) is 5.23. The topological polar surface area (TPSA) is 57.4 Å². The average molecular weight is 386 g/mol. The first kappa shape index (κ1) is 22.0. The number of fused-ring (bicyclic) bond motifs is 2. The second-order valence-electron chi connectivity index (χ2n) is 5.24. The van der Waals surface area contributed by atoms with Crippen molar-refractivity contribution in [2.45, 2.75) is 21.3 Å². The molecule has 2 aromatic carbocycles. The minimum atomic E-state index is 0. The highest BCUT2D eigenvalue weighted by molar-refractivity contribution is 7.21. The molecule has 0 bridgehead atoms. The smallest absolute Gasteiger partial charge is 0.131 e. The Balaban J connectivity index is 0.000000241. The second kappa shape index (κ2) is 10.9. The monoisotopic (exact) mass is 386 g/mol. The maximum atomic E-state index is 4.43. The summed E-state index contributed by atoms with van der Waals surface area (Å²) in [4.78, 5) is 15.2. The van der Waals surface area contributed by atoms with Crippen LogP contribution in [0.4, 0.5) is 0 Å². The molecule has 2 unspecified atom stereocenters. The Labute approximate surface area is 160 Å². The number of benzene rings is 2. The van der Waals surface area contributed by atoms with Gasteiger partial charge in [-0.2, -0.15) is 0 Å². The largest absolute Gasteiger partial charge is 0.342 e. The molecule has 0 radical (unpaired) electrons. The highest BCUT2D eigenvalue weighted by Crippen LogP contribution is 2.11. The van der Waals surface area contributed by atoms with E-state index in [2.05, 4.69) is 44.5 Å². The predicted octanol–water partition coefficient (Wildman–Crippen LogP) is 5.66. The molecule has 4 rings (SSSR count). The van der Waals surface area contributed by atoms with Crippen molar-refractivity contribution in [1.82, 2.24) is 19.9 Å². The average Bonchev–Trinajstić information content (AvgIpc) is 3.18. The third-order valence-electron chi connectivity index (χ3n) is 3.48. The number of nitrogens with zero attached hydrogens (tertiary/aromatic N) is 2. The molecule has 6 heteroatoms. The van der Waals surface area contributed by atoms with Crippen LogP contribution in [0.5, 0.6) is 0 Å². The Bertz CT molecular complexity index is 890. The lowest BCUT2D eigenvalue weighted by Gasteiger charge is -1.86. The highest BCUT2D eigenvalue weighted by Gasteiger charge is 1.99. The number of nitrogens with one attached hydrogen (secondary N) is 2. The normalized spacial score (nSPS) is 10.2. The Kier molecular flexibility index (Phi) is 9.19. The fraction of sp³-hybridized carbons (Fsp3) is 0.200. The first-order valence-electron chi connectivity index (χ1n) is 7.77. The van der Waals surface area contributed by atoms with Gasteiger partial charge in [0.25, 0.3) is 0 Å². The fourth-order valence-electron chi connectivity index (χ4n) is 2.40. The van der Waals surface area contributed by atoms with Crippen molar-refractivity contribution in [3.8, 4) is 0 Å². The molecule has 138 valence electrons. The maximum absolute atomic E-state index is 4.43. The van der Waals surface area contributed by atoms with Crippen LogP contribution < -0.4 is 0 Å². The third kappa shape index (κ3) is 5.49. The standard InChI is InChI=1S/C9H11N2P.C9H9N2P.2CH4/c2*12-6-5-9-10-7-3-1-2-4-8(7)11-9;;/h1-4H,5-6,12H2,(H,10,11);1-6H,12H2,(H,10,11);2*1H4. The predicted molar refractivity (Wildman–Crippen MR) is 123 cm³/mol. The van der Waals surface area contributed by atoms with Crippen LogP contribution in [-0.4, -0.2) is 26.1 Å². The summed E-state index contributed by atoms with van der Waals surface area (Å²) in [6.07, 6.45) is 3.98. The van der Waals surface area contributed by atoms with E-state index in [4.69, 9.17) is 0 Å². The van der Waals surface area contributed by atoms with Crippen molar-refractivity contribution >= 4 is 46.6 Å². The molecule has 4 nitrogen and oxygen atoms in total. The van der Waals surface area contributed by atoms with Crippen molar-refractivity contribution in [2.24, 2.45) is 0 Å². The van der Waals surface area contributed by atoms with Crippen molar-refractivity contribution in [1.29, 1.82) is 0 Å². The quantitative estimate of drug-likeness (QED) is 0.446. The van der Waals surface area contributed by atoms with Crippen LogP contribution in [0.15, 0.2) is 54.3 Å². The third-order valence-corrected chi connectivity index (χ3v) is 3.96. The van der Waals surface area contributed by atoms with Crippen molar-refractivity contribution in [3.63, 3.8) is 0 Å². The second-order valence-corrected chi connectivity index (χ2v) is 6.20. The van der Waals surface area contributed by atoms with Gasteiger partial charge >= 0.3 is 0 Å². The van der Waals surface area contributed by atoms with Gasteiger partial charge in [-0.05, 0) is 36.5 Å². The lowest BCUT2D eigenvalue weighted by Crippen LogP contribution is -1.86. The summed E-state index contributed by atoms with van der Waals surface area (Å²) >= 11 is 0. The molecule has 2 aromatic heterocycles. The van der Waals surface area contributed by atoms with E-state index < -0.39 is 0 Å². The fourth-order valence-corrected chi connectivity index (χ4v) is 2.86. The number of hydrogen-bond donors (Lipinski definition) is 2. The number of aromatic nitrogens is 4. The van der Waals surface area contributed by atoms with Crippen LogP contribution in [-0.2, 0) is 6.42 Å². The number of hydrogen-bond acceptors (Lipinski definition) is 2. The summed E-state index contributed by atoms with van der Waals surface area (Å²) < 4.78 is 0. The molecule has 0 aliphatic heterocycles. The van der Waals surface area contributed by atoms with E-state index >= 15 is 0 Å². The van der Waals surface area contributed by atoms with Crippen LogP contribution in [0, 0.1) is 0 Å². The maximum Gasteiger partial charge on any atom is 0.131 e. The zero-order chi connectivity index (χ0) is 16.8. The van der Waals surface area contributed by atoms with E-state index in [0.717, 1.165) is 46.3 Å². The van der Waals surface area contributed by atoms with E-state index in [0.29, 0.717) is 0 Å². The van der Waals surface area contributed by atoms with Crippen LogP contribution in [0.1, 0.15) is 26.5 Å². The summed E-state index contributed by atoms with van der Waals surface area (Å²) in [5.74, 6) is 3.86. The zero-order valence-corrected chi connectivity index (χ0v) is 15.5. The van der Waals surface area contributed by atoms with Gasteiger partial charge in [0.05, 0.1) is 22.1 Å². The number of para-hydroxylation sites is 4. The van der Waals surface area contributed by atoms with Gasteiger partial charge in [-0.1, -0.05) is 44.9 Å². The van der Waals surface area contributed by atoms with E-state index in [9.17, 15) is 0 Å². The zero-order valence-electron chi connectivity index (χ0n) is 13.2. The number of rotatable bonds is 3. The molecule has 0 saturated heterocycles. The van der Waals surface area contributed by atoms with E-state index in [1.165, 1.54) is 0 Å². The summed E-state index contributed by atoms with van der Waals surface area (Å²) in [6, 6.07) is 16.1. The minimum Gasteiger partial charge on any atom is -0.342 e. The Hall–Kier alpha value is -2.02. The molecule has 2 atom stereocenters. The summed E-state index contributed by atoms with van der Waals surface area (Å²) in [6.45, 7) is 0. The van der Waals surface area contributed by atoms with Gasteiger partial charge in [0.1, 0.15) is 11.6 Å². The van der Waals surface area contributed by atoms with Gasteiger partial charge in [-0.3, -0.25) is 0 Å². The number of imidazole rings is 2. The van der Waals surface area contributed by atoms with Crippen LogP contribution in [0.25, 0.3) is 28.1 Å². The molecule has 0 fully saturated rings. The Morgan fingerprint density at radius 2 is 1.42 bits per heavy atom. The van der Waals surface area contributed by atoms with Crippen LogP contribution in [0.2, 0.25) is 0 Å². The highest BCUT2D eigenvalue weighted by atomic mass is 31.0. The first-order chi connectivity index (χ1) is 11.8. The molecular weight excluding hydrogens is 358 g/mol. The molecule has 0 spiro atoms. The van der Waals surface area contributed by atoms with Gasteiger partial charge in [0, 0.05) is 6.42 Å². The molecule has 2 N–H and O–H groups in total. The molecule has 2 heterocycles. The van der Waals surface area contributed by atoms with Crippen molar-refractivity contribution in [2.75, 3.05) is 6.16 Å². The Morgan fingerprint density at radius 3 is 1.96 bits per heavy atom. The van der Waals surface area contributed by atoms with Crippen LogP contribution in [0.3, 0.4) is 0 Å². The van der Waals surface area contributed by atoms with Gasteiger partial charge in [0.2, 0.25) is 0 Å². The Morgan fingerprint density at radius 1 is 0.846 bits per heavy atom. The van der Waals surface area contributed by atoms with Crippen molar-refractivity contribution in [3.05, 3.63) is 66.0 Å². The lowest BCUT2D eigenvalue weighted by atomic mass is 10.3. The molecule has 0 amide bonds. The summed E-state index contributed by atoms with van der Waals surface area (Å²) in [5, 5.41) is 0. The van der Waals surface area contributed by atoms with Gasteiger partial charge in [-0.25, -0.2) is 9.97 Å². The minimum absolute atomic E-state index is 0. The van der Waals surface area contributed by atoms with E-state index in [1.54, 1.807) is 0 Å². The SMILES string of the molecule is C.C.PC=Cc1nc2ccccc2[nH]1.PCCc1nc2ccccc2[nH]1. The number of aryl methyl sites for hydroxylation is 1. The number of aromatic amines is 2. The summed E-state index contributed by atoms with van der Waals surface area (Å²) in [5.41, 5.74) is 4.28. The van der Waals surface area contributed by atoms with Crippen molar-refractivity contribution < 1.29 is 0 Å². The van der Waals surface area contributed by atoms with E-state index in [1.807, 2.05) is 54.4 Å². The lowest BCUT2D eigenvalue weighted by molar-refractivity contribution is 1.01. The molecule has 0 aliphatic carbocycles. The van der Waals surface area contributed by atoms with Gasteiger partial charge < -0.3 is 9.97 Å². The van der Waals surface area contributed by atoms with Gasteiger partial charge in [0.15, 0.2) is 0 Å². The molecule has 0 saturated carbocycles. The molecule has 26 heavy (non-hydrogen) atoms. The molecular formula is C20H28N4P2. The molecule has 0 aliphatic rings. The molecule has 4 aromatic rings.